The summed E-state index contributed by atoms with van der Waals surface area (Å²) in [6.45, 7) is 4.18. The highest BCUT2D eigenvalue weighted by Gasteiger charge is 2.31. The number of anilines is 2. The van der Waals surface area contributed by atoms with E-state index in [1.165, 1.54) is 11.1 Å². The first-order valence-electron chi connectivity index (χ1n) is 9.32. The topological polar surface area (TPSA) is 45.2 Å². The molecule has 0 radical (unpaired) electrons. The van der Waals surface area contributed by atoms with Crippen molar-refractivity contribution in [2.75, 3.05) is 10.2 Å². The van der Waals surface area contributed by atoms with Gasteiger partial charge in [0.15, 0.2) is 0 Å². The molecule has 2 unspecified atom stereocenters. The van der Waals surface area contributed by atoms with Crippen molar-refractivity contribution >= 4 is 17.4 Å². The molecule has 27 heavy (non-hydrogen) atoms. The van der Waals surface area contributed by atoms with E-state index in [9.17, 15) is 4.79 Å². The quantitative estimate of drug-likeness (QED) is 0.726. The Morgan fingerprint density at radius 3 is 2.67 bits per heavy atom. The van der Waals surface area contributed by atoms with Gasteiger partial charge in [-0.15, -0.1) is 0 Å². The summed E-state index contributed by atoms with van der Waals surface area (Å²) in [6, 6.07) is 22.2. The average Bonchev–Trinajstić information content (AvgIpc) is 3.04. The second-order valence-electron chi connectivity index (χ2n) is 7.06. The van der Waals surface area contributed by atoms with Gasteiger partial charge >= 0.3 is 0 Å². The number of carbonyl (C=O) groups excluding carboxylic acids is 1. The second-order valence-corrected chi connectivity index (χ2v) is 7.06. The molecule has 1 N–H and O–H groups in total. The summed E-state index contributed by atoms with van der Waals surface area (Å²) in [5.74, 6) is 0.725. The third kappa shape index (κ3) is 3.43. The first kappa shape index (κ1) is 17.3. The summed E-state index contributed by atoms with van der Waals surface area (Å²) in [7, 11) is 0. The molecule has 2 aromatic carbocycles. The van der Waals surface area contributed by atoms with E-state index in [4.69, 9.17) is 0 Å². The largest absolute Gasteiger partial charge is 0.364 e. The Labute approximate surface area is 159 Å². The molecule has 4 rings (SSSR count). The molecule has 1 aromatic heterocycles. The van der Waals surface area contributed by atoms with E-state index in [1.54, 1.807) is 12.3 Å². The Morgan fingerprint density at radius 1 is 1.11 bits per heavy atom. The standard InChI is InChI=1S/C23H23N3O/c1-16-14-19-10-6-7-11-21(19)26(16)23(27)20-12-13-24-22(15-20)25-17(2)18-8-4-3-5-9-18/h3-13,15-17H,14H2,1-2H3,(H,24,25). The molecule has 1 aliphatic heterocycles. The SMILES string of the molecule is CC(Nc1cc(C(=O)N2c3ccccc3CC2C)ccn1)c1ccccc1. The molecule has 2 heterocycles. The Hall–Kier alpha value is -3.14. The van der Waals surface area contributed by atoms with E-state index >= 15 is 0 Å². The molecule has 136 valence electrons. The first-order valence-corrected chi connectivity index (χ1v) is 9.32. The van der Waals surface area contributed by atoms with Crippen molar-refractivity contribution in [3.8, 4) is 0 Å². The number of pyridine rings is 1. The Balaban J connectivity index is 1.57. The van der Waals surface area contributed by atoms with Crippen molar-refractivity contribution in [2.45, 2.75) is 32.4 Å². The summed E-state index contributed by atoms with van der Waals surface area (Å²) in [4.78, 5) is 19.5. The zero-order chi connectivity index (χ0) is 18.8. The van der Waals surface area contributed by atoms with Crippen LogP contribution in [-0.4, -0.2) is 16.9 Å². The second kappa shape index (κ2) is 7.23. The van der Waals surface area contributed by atoms with Crippen LogP contribution in [0.2, 0.25) is 0 Å². The molecular formula is C23H23N3O. The molecule has 4 heteroatoms. The van der Waals surface area contributed by atoms with Gasteiger partial charge in [0, 0.05) is 29.5 Å². The Kier molecular flexibility index (Phi) is 4.63. The third-order valence-corrected chi connectivity index (χ3v) is 5.10. The maximum absolute atomic E-state index is 13.2. The maximum Gasteiger partial charge on any atom is 0.258 e. The van der Waals surface area contributed by atoms with Gasteiger partial charge in [0.25, 0.3) is 5.91 Å². The molecule has 0 bridgehead atoms. The number of hydrogen-bond acceptors (Lipinski definition) is 3. The predicted octanol–water partition coefficient (Wildman–Crippen LogP) is 4.85. The highest BCUT2D eigenvalue weighted by Crippen LogP contribution is 2.33. The zero-order valence-electron chi connectivity index (χ0n) is 15.6. The van der Waals surface area contributed by atoms with E-state index in [0.29, 0.717) is 11.4 Å². The summed E-state index contributed by atoms with van der Waals surface area (Å²) in [5, 5.41) is 3.39. The van der Waals surface area contributed by atoms with Crippen LogP contribution in [-0.2, 0) is 6.42 Å². The van der Waals surface area contributed by atoms with Crippen molar-refractivity contribution in [3.05, 3.63) is 89.6 Å². The highest BCUT2D eigenvalue weighted by molar-refractivity contribution is 6.08. The monoisotopic (exact) mass is 357 g/mol. The predicted molar refractivity (Wildman–Crippen MR) is 109 cm³/mol. The summed E-state index contributed by atoms with van der Waals surface area (Å²) < 4.78 is 0. The van der Waals surface area contributed by atoms with Crippen molar-refractivity contribution in [1.82, 2.24) is 4.98 Å². The van der Waals surface area contributed by atoms with Crippen LogP contribution in [0.15, 0.2) is 72.9 Å². The van der Waals surface area contributed by atoms with E-state index in [-0.39, 0.29) is 18.0 Å². The molecule has 0 saturated carbocycles. The fraction of sp³-hybridized carbons (Fsp3) is 0.217. The lowest BCUT2D eigenvalue weighted by Crippen LogP contribution is -2.35. The number of nitrogens with one attached hydrogen (secondary N) is 1. The van der Waals surface area contributed by atoms with Crippen LogP contribution < -0.4 is 10.2 Å². The van der Waals surface area contributed by atoms with Gasteiger partial charge in [-0.25, -0.2) is 4.98 Å². The molecule has 1 amide bonds. The summed E-state index contributed by atoms with van der Waals surface area (Å²) in [6.07, 6.45) is 2.59. The van der Waals surface area contributed by atoms with Crippen LogP contribution >= 0.6 is 0 Å². The van der Waals surface area contributed by atoms with Crippen molar-refractivity contribution in [1.29, 1.82) is 0 Å². The van der Waals surface area contributed by atoms with Crippen molar-refractivity contribution in [3.63, 3.8) is 0 Å². The minimum absolute atomic E-state index is 0.0188. The number of rotatable bonds is 4. The van der Waals surface area contributed by atoms with Crippen LogP contribution in [0.1, 0.15) is 41.4 Å². The van der Waals surface area contributed by atoms with E-state index in [1.807, 2.05) is 47.4 Å². The molecule has 0 fully saturated rings. The van der Waals surface area contributed by atoms with Crippen molar-refractivity contribution < 1.29 is 4.79 Å². The van der Waals surface area contributed by atoms with Crippen LogP contribution in [0.25, 0.3) is 0 Å². The summed E-state index contributed by atoms with van der Waals surface area (Å²) in [5.41, 5.74) is 4.07. The maximum atomic E-state index is 13.2. The van der Waals surface area contributed by atoms with E-state index < -0.39 is 0 Å². The smallest absolute Gasteiger partial charge is 0.258 e. The van der Waals surface area contributed by atoms with Crippen molar-refractivity contribution in [2.24, 2.45) is 0 Å². The van der Waals surface area contributed by atoms with Gasteiger partial charge in [-0.2, -0.15) is 0 Å². The summed E-state index contributed by atoms with van der Waals surface area (Å²) >= 11 is 0. The van der Waals surface area contributed by atoms with Crippen LogP contribution in [0, 0.1) is 0 Å². The van der Waals surface area contributed by atoms with Gasteiger partial charge in [-0.1, -0.05) is 48.5 Å². The zero-order valence-corrected chi connectivity index (χ0v) is 15.6. The number of carbonyl (C=O) groups is 1. The van der Waals surface area contributed by atoms with Gasteiger partial charge in [0.05, 0.1) is 0 Å². The number of aromatic nitrogens is 1. The van der Waals surface area contributed by atoms with Crippen LogP contribution in [0.3, 0.4) is 0 Å². The van der Waals surface area contributed by atoms with Gasteiger partial charge in [-0.05, 0) is 49.6 Å². The molecule has 1 aliphatic rings. The number of hydrogen-bond donors (Lipinski definition) is 1. The van der Waals surface area contributed by atoms with Gasteiger partial charge in [0.2, 0.25) is 0 Å². The molecule has 2 atom stereocenters. The lowest BCUT2D eigenvalue weighted by molar-refractivity contribution is 0.0981. The Bertz CT molecular complexity index is 955. The minimum atomic E-state index is 0.0188. The average molecular weight is 357 g/mol. The van der Waals surface area contributed by atoms with Crippen LogP contribution in [0.5, 0.6) is 0 Å². The molecule has 3 aromatic rings. The number of amides is 1. The van der Waals surface area contributed by atoms with Crippen LogP contribution in [0.4, 0.5) is 11.5 Å². The fourth-order valence-corrected chi connectivity index (χ4v) is 3.70. The molecule has 4 nitrogen and oxygen atoms in total. The molecular weight excluding hydrogens is 334 g/mol. The molecule has 0 spiro atoms. The Morgan fingerprint density at radius 2 is 1.85 bits per heavy atom. The van der Waals surface area contributed by atoms with Gasteiger partial charge in [-0.3, -0.25) is 4.79 Å². The fourth-order valence-electron chi connectivity index (χ4n) is 3.70. The number of para-hydroxylation sites is 1. The van der Waals surface area contributed by atoms with Gasteiger partial charge < -0.3 is 10.2 Å². The number of benzene rings is 2. The van der Waals surface area contributed by atoms with Gasteiger partial charge in [0.1, 0.15) is 5.82 Å². The number of nitrogens with zero attached hydrogens (tertiary/aromatic N) is 2. The molecule has 0 aliphatic carbocycles. The lowest BCUT2D eigenvalue weighted by atomic mass is 10.1. The molecule has 0 saturated heterocycles. The first-order chi connectivity index (χ1) is 13.1. The minimum Gasteiger partial charge on any atom is -0.364 e. The van der Waals surface area contributed by atoms with E-state index in [2.05, 4.69) is 42.3 Å². The van der Waals surface area contributed by atoms with E-state index in [0.717, 1.165) is 12.1 Å². The number of fused-ring (bicyclic) bond motifs is 1. The highest BCUT2D eigenvalue weighted by atomic mass is 16.2. The third-order valence-electron chi connectivity index (χ3n) is 5.10. The normalized spacial score (nSPS) is 16.7. The lowest BCUT2D eigenvalue weighted by Gasteiger charge is -2.23.